The van der Waals surface area contributed by atoms with Crippen LogP contribution in [0.2, 0.25) is 0 Å². The zero-order valence-corrected chi connectivity index (χ0v) is 14.9. The summed E-state index contributed by atoms with van der Waals surface area (Å²) in [7, 11) is 0. The van der Waals surface area contributed by atoms with Crippen molar-refractivity contribution in [3.8, 4) is 5.75 Å². The molecular weight excluding hydrogens is 389 g/mol. The molecule has 7 nitrogen and oxygen atoms in total. The Hall–Kier alpha value is -3.82. The quantitative estimate of drug-likeness (QED) is 0.521. The number of nitrogens with zero attached hydrogens (tertiary/aromatic N) is 3. The van der Waals surface area contributed by atoms with E-state index in [0.29, 0.717) is 27.9 Å². The maximum atomic E-state index is 12.5. The van der Waals surface area contributed by atoms with Crippen LogP contribution in [0.5, 0.6) is 5.75 Å². The summed E-state index contributed by atoms with van der Waals surface area (Å²) in [6, 6.07) is 9.82. The van der Waals surface area contributed by atoms with Gasteiger partial charge in [-0.25, -0.2) is 14.8 Å². The summed E-state index contributed by atoms with van der Waals surface area (Å²) in [5.41, 5.74) is 1.98. The van der Waals surface area contributed by atoms with Gasteiger partial charge in [-0.2, -0.15) is 0 Å². The van der Waals surface area contributed by atoms with Crippen LogP contribution in [0.4, 0.5) is 24.8 Å². The lowest BCUT2D eigenvalue weighted by Gasteiger charge is -2.13. The summed E-state index contributed by atoms with van der Waals surface area (Å²) < 4.78 is 43.0. The molecule has 0 aliphatic heterocycles. The molecule has 4 rings (SSSR count). The van der Waals surface area contributed by atoms with Gasteiger partial charge in [0, 0.05) is 23.3 Å². The maximum Gasteiger partial charge on any atom is 0.573 e. The highest BCUT2D eigenvalue weighted by Crippen LogP contribution is 2.28. The van der Waals surface area contributed by atoms with Crippen molar-refractivity contribution in [3.05, 3.63) is 59.9 Å². The van der Waals surface area contributed by atoms with E-state index in [-0.39, 0.29) is 17.3 Å². The molecule has 0 bridgehead atoms. The number of rotatable bonds is 4. The summed E-state index contributed by atoms with van der Waals surface area (Å²) in [4.78, 5) is 20.2. The zero-order chi connectivity index (χ0) is 20.8. The van der Waals surface area contributed by atoms with Gasteiger partial charge in [-0.1, -0.05) is 6.07 Å². The fourth-order valence-corrected chi connectivity index (χ4v) is 2.95. The van der Waals surface area contributed by atoms with E-state index in [1.54, 1.807) is 29.7 Å². The number of carboxylic acids is 1. The van der Waals surface area contributed by atoms with Crippen molar-refractivity contribution < 1.29 is 27.8 Å². The number of hydrogen-bond donors (Lipinski definition) is 2. The van der Waals surface area contributed by atoms with Gasteiger partial charge < -0.3 is 15.2 Å². The average molecular weight is 402 g/mol. The lowest BCUT2D eigenvalue weighted by Crippen LogP contribution is -2.17. The lowest BCUT2D eigenvalue weighted by molar-refractivity contribution is -0.274. The van der Waals surface area contributed by atoms with Crippen molar-refractivity contribution in [2.75, 3.05) is 5.32 Å². The van der Waals surface area contributed by atoms with E-state index in [2.05, 4.69) is 20.0 Å². The fourth-order valence-electron chi connectivity index (χ4n) is 2.95. The number of aromatic carboxylic acids is 1. The second kappa shape index (κ2) is 6.66. The number of aryl methyl sites for hydroxylation is 1. The van der Waals surface area contributed by atoms with Crippen molar-refractivity contribution in [2.24, 2.45) is 0 Å². The van der Waals surface area contributed by atoms with Crippen molar-refractivity contribution >= 4 is 34.2 Å². The third-order valence-corrected chi connectivity index (χ3v) is 4.09. The Balaban J connectivity index is 1.82. The molecule has 2 N–H and O–H groups in total. The van der Waals surface area contributed by atoms with Gasteiger partial charge in [0.2, 0.25) is 5.95 Å². The molecule has 0 atom stereocenters. The van der Waals surface area contributed by atoms with Gasteiger partial charge >= 0.3 is 12.3 Å². The molecule has 0 amide bonds. The summed E-state index contributed by atoms with van der Waals surface area (Å²) >= 11 is 0. The van der Waals surface area contributed by atoms with Crippen LogP contribution < -0.4 is 10.1 Å². The van der Waals surface area contributed by atoms with Crippen LogP contribution in [0.1, 0.15) is 16.1 Å². The Kier molecular flexibility index (Phi) is 4.26. The molecule has 29 heavy (non-hydrogen) atoms. The predicted octanol–water partition coefficient (Wildman–Crippen LogP) is 4.53. The Morgan fingerprint density at radius 2 is 1.97 bits per heavy atom. The van der Waals surface area contributed by atoms with Gasteiger partial charge in [-0.15, -0.1) is 13.2 Å². The number of imidazole rings is 1. The van der Waals surface area contributed by atoms with Crippen LogP contribution in [0.25, 0.3) is 16.6 Å². The molecule has 0 fully saturated rings. The number of alkyl halides is 3. The number of anilines is 2. The average Bonchev–Trinajstić information content (AvgIpc) is 3.02. The topological polar surface area (TPSA) is 88.8 Å². The first-order valence-electron chi connectivity index (χ1n) is 8.35. The maximum absolute atomic E-state index is 12.5. The van der Waals surface area contributed by atoms with Gasteiger partial charge in [-0.05, 0) is 37.3 Å². The molecule has 0 spiro atoms. The summed E-state index contributed by atoms with van der Waals surface area (Å²) in [5.74, 6) is -1.21. The first-order chi connectivity index (χ1) is 13.7. The molecule has 2 heterocycles. The van der Waals surface area contributed by atoms with Gasteiger partial charge in [0.15, 0.2) is 0 Å². The highest BCUT2D eigenvalue weighted by Gasteiger charge is 2.31. The Bertz CT molecular complexity index is 1250. The second-order valence-corrected chi connectivity index (χ2v) is 6.25. The molecule has 10 heteroatoms. The number of carbonyl (C=O) groups is 1. The molecule has 4 aromatic rings. The number of ether oxygens (including phenoxy) is 1. The second-order valence-electron chi connectivity index (χ2n) is 6.25. The molecule has 2 aromatic heterocycles. The number of aromatic nitrogens is 3. The third-order valence-electron chi connectivity index (χ3n) is 4.09. The Morgan fingerprint density at radius 1 is 1.17 bits per heavy atom. The normalized spacial score (nSPS) is 11.7. The molecule has 0 radical (unpaired) electrons. The number of hydrogen-bond acceptors (Lipinski definition) is 5. The van der Waals surface area contributed by atoms with Crippen molar-refractivity contribution in [2.45, 2.75) is 13.3 Å². The zero-order valence-electron chi connectivity index (χ0n) is 14.9. The van der Waals surface area contributed by atoms with E-state index in [1.165, 1.54) is 30.3 Å². The molecule has 0 saturated heterocycles. The first kappa shape index (κ1) is 18.5. The lowest BCUT2D eigenvalue weighted by atomic mass is 10.1. The predicted molar refractivity (Wildman–Crippen MR) is 98.6 cm³/mol. The van der Waals surface area contributed by atoms with Gasteiger partial charge in [0.1, 0.15) is 11.4 Å². The van der Waals surface area contributed by atoms with Gasteiger partial charge in [0.05, 0.1) is 16.8 Å². The molecule has 0 unspecified atom stereocenters. The summed E-state index contributed by atoms with van der Waals surface area (Å²) in [5, 5.41) is 12.8. The number of carboxylic acid groups (broad SMARTS) is 1. The van der Waals surface area contributed by atoms with Crippen LogP contribution in [0.3, 0.4) is 0 Å². The molecular formula is C19H13F3N4O3. The van der Waals surface area contributed by atoms with Crippen LogP contribution in [-0.2, 0) is 0 Å². The fraction of sp³-hybridized carbons (Fsp3) is 0.105. The van der Waals surface area contributed by atoms with E-state index in [9.17, 15) is 23.1 Å². The van der Waals surface area contributed by atoms with Crippen molar-refractivity contribution in [3.63, 3.8) is 0 Å². The van der Waals surface area contributed by atoms with E-state index in [0.717, 1.165) is 0 Å². The molecule has 148 valence electrons. The van der Waals surface area contributed by atoms with Crippen LogP contribution in [0.15, 0.2) is 48.7 Å². The van der Waals surface area contributed by atoms with E-state index < -0.39 is 12.3 Å². The summed E-state index contributed by atoms with van der Waals surface area (Å²) in [6.07, 6.45) is -3.09. The van der Waals surface area contributed by atoms with Crippen LogP contribution in [0, 0.1) is 6.92 Å². The minimum Gasteiger partial charge on any atom is -0.478 e. The van der Waals surface area contributed by atoms with E-state index >= 15 is 0 Å². The van der Waals surface area contributed by atoms with Crippen molar-refractivity contribution in [1.29, 1.82) is 0 Å². The Labute approximate surface area is 161 Å². The highest BCUT2D eigenvalue weighted by molar-refractivity contribution is 5.98. The number of benzene rings is 2. The number of halogens is 3. The Morgan fingerprint density at radius 3 is 2.69 bits per heavy atom. The standard InChI is InChI=1S/C19H13F3N4O3/c1-10-9-26-16(23-10)14-6-5-11(17(27)28)7-15(14)25-18(26)24-12-3-2-4-13(8-12)29-19(20,21)22/h2-9H,1H3,(H,24,25)(H,27,28). The third kappa shape index (κ3) is 3.77. The van der Waals surface area contributed by atoms with E-state index in [1.807, 2.05) is 0 Å². The largest absolute Gasteiger partial charge is 0.573 e. The minimum atomic E-state index is -4.80. The highest BCUT2D eigenvalue weighted by atomic mass is 19.4. The number of nitrogens with one attached hydrogen (secondary N) is 1. The molecule has 0 aliphatic rings. The van der Waals surface area contributed by atoms with E-state index in [4.69, 9.17) is 0 Å². The van der Waals surface area contributed by atoms with Crippen LogP contribution >= 0.6 is 0 Å². The molecule has 0 saturated carbocycles. The molecule has 0 aliphatic carbocycles. The minimum absolute atomic E-state index is 0.0594. The van der Waals surface area contributed by atoms with Crippen LogP contribution in [-0.4, -0.2) is 31.8 Å². The van der Waals surface area contributed by atoms with Crippen molar-refractivity contribution in [1.82, 2.24) is 14.4 Å². The molecule has 2 aromatic carbocycles. The first-order valence-corrected chi connectivity index (χ1v) is 8.35. The SMILES string of the molecule is Cc1cn2c(Nc3cccc(OC(F)(F)F)c3)nc3cc(C(=O)O)ccc3c2n1. The number of fused-ring (bicyclic) bond motifs is 3. The van der Waals surface area contributed by atoms with Gasteiger partial charge in [-0.3, -0.25) is 4.40 Å². The van der Waals surface area contributed by atoms with Gasteiger partial charge in [0.25, 0.3) is 0 Å². The summed E-state index contributed by atoms with van der Waals surface area (Å²) in [6.45, 7) is 1.78. The monoisotopic (exact) mass is 402 g/mol. The smallest absolute Gasteiger partial charge is 0.478 e.